The summed E-state index contributed by atoms with van der Waals surface area (Å²) in [6, 6.07) is 1.05. The number of aliphatic carboxylic acids is 1. The second-order valence-electron chi connectivity index (χ2n) is 9.01. The molecule has 3 aromatic rings. The zero-order valence-corrected chi connectivity index (χ0v) is 18.8. The van der Waals surface area contributed by atoms with Crippen LogP contribution in [0.25, 0.3) is 21.9 Å². The minimum absolute atomic E-state index is 0.00106. The second-order valence-corrected chi connectivity index (χ2v) is 9.01. The fourth-order valence-electron chi connectivity index (χ4n) is 3.91. The number of carbonyl (C=O) groups excluding carboxylic acids is 1. The Labute approximate surface area is 180 Å². The molecule has 0 fully saturated rings. The van der Waals surface area contributed by atoms with Gasteiger partial charge in [0.2, 0.25) is 5.91 Å². The molecule has 0 spiro atoms. The van der Waals surface area contributed by atoms with E-state index in [0.29, 0.717) is 16.7 Å². The monoisotopic (exact) mass is 427 g/mol. The Hall–Kier alpha value is -3.09. The summed E-state index contributed by atoms with van der Waals surface area (Å²) in [6.45, 7) is 11.7. The maximum Gasteiger partial charge on any atom is 0.339 e. The minimum Gasteiger partial charge on any atom is -0.480 e. The van der Waals surface area contributed by atoms with Gasteiger partial charge in [0.25, 0.3) is 0 Å². The molecule has 0 aliphatic rings. The molecule has 1 atom stereocenters. The molecule has 1 amide bonds. The molecule has 0 aliphatic heterocycles. The van der Waals surface area contributed by atoms with Crippen LogP contribution in [0.5, 0.6) is 0 Å². The minimum atomic E-state index is -1.08. The van der Waals surface area contributed by atoms with Crippen LogP contribution in [0.1, 0.15) is 62.8 Å². The van der Waals surface area contributed by atoms with Gasteiger partial charge in [0.05, 0.1) is 6.26 Å². The van der Waals surface area contributed by atoms with E-state index in [1.54, 1.807) is 13.2 Å². The zero-order valence-electron chi connectivity index (χ0n) is 18.8. The Balaban J connectivity index is 2.02. The molecule has 1 unspecified atom stereocenters. The van der Waals surface area contributed by atoms with Crippen molar-refractivity contribution in [3.05, 3.63) is 45.0 Å². The van der Waals surface area contributed by atoms with E-state index < -0.39 is 23.5 Å². The lowest BCUT2D eigenvalue weighted by Crippen LogP contribution is -2.40. The first-order valence-electron chi connectivity index (χ1n) is 10.4. The van der Waals surface area contributed by atoms with Gasteiger partial charge in [-0.25, -0.2) is 9.59 Å². The smallest absolute Gasteiger partial charge is 0.339 e. The third-order valence-corrected chi connectivity index (χ3v) is 5.79. The van der Waals surface area contributed by atoms with Gasteiger partial charge in [-0.15, -0.1) is 0 Å². The van der Waals surface area contributed by atoms with Crippen LogP contribution in [0.4, 0.5) is 0 Å². The molecular formula is C24H29NO6. The number of fused-ring (bicyclic) bond motifs is 2. The highest BCUT2D eigenvalue weighted by Crippen LogP contribution is 2.37. The van der Waals surface area contributed by atoms with Crippen LogP contribution >= 0.6 is 0 Å². The van der Waals surface area contributed by atoms with Gasteiger partial charge >= 0.3 is 11.6 Å². The quantitative estimate of drug-likeness (QED) is 0.566. The van der Waals surface area contributed by atoms with Crippen molar-refractivity contribution in [2.75, 3.05) is 0 Å². The zero-order chi connectivity index (χ0) is 23.1. The highest BCUT2D eigenvalue weighted by atomic mass is 16.4. The van der Waals surface area contributed by atoms with Crippen molar-refractivity contribution in [3.8, 4) is 0 Å². The molecule has 0 radical (unpaired) electrons. The molecule has 0 bridgehead atoms. The lowest BCUT2D eigenvalue weighted by molar-refractivity contribution is -0.141. The fraction of sp³-hybridized carbons (Fsp3) is 0.458. The number of carboxylic acids is 1. The summed E-state index contributed by atoms with van der Waals surface area (Å²) in [7, 11) is 0. The molecular weight excluding hydrogens is 398 g/mol. The van der Waals surface area contributed by atoms with Crippen molar-refractivity contribution in [2.24, 2.45) is 0 Å². The van der Waals surface area contributed by atoms with Crippen molar-refractivity contribution < 1.29 is 23.5 Å². The van der Waals surface area contributed by atoms with Crippen LogP contribution in [0.15, 0.2) is 26.0 Å². The van der Waals surface area contributed by atoms with Crippen LogP contribution < -0.4 is 10.9 Å². The van der Waals surface area contributed by atoms with Crippen molar-refractivity contribution in [1.82, 2.24) is 5.32 Å². The topological polar surface area (TPSA) is 110 Å². The number of carbonyl (C=O) groups is 2. The van der Waals surface area contributed by atoms with Crippen LogP contribution in [0.3, 0.4) is 0 Å². The Morgan fingerprint density at radius 3 is 2.39 bits per heavy atom. The number of aryl methyl sites for hydroxylation is 2. The molecule has 166 valence electrons. The standard InChI is InChI=1S/C24H29NO6/c1-7-18(22(27)28)25-19(26)9-8-14-12(2)15-10-16-17(24(4,5)6)11-30-20(16)13(3)21(15)31-23(14)29/h10-11,18H,7-9H2,1-6H3,(H,25,26)(H,27,28). The normalized spacial score (nSPS) is 13.0. The summed E-state index contributed by atoms with van der Waals surface area (Å²) in [5, 5.41) is 13.4. The predicted octanol–water partition coefficient (Wildman–Crippen LogP) is 4.37. The number of nitrogens with one attached hydrogen (secondary N) is 1. The van der Waals surface area contributed by atoms with E-state index in [1.165, 1.54) is 0 Å². The van der Waals surface area contributed by atoms with Gasteiger partial charge in [0.1, 0.15) is 17.2 Å². The molecule has 31 heavy (non-hydrogen) atoms. The second kappa shape index (κ2) is 8.21. The number of furan rings is 1. The molecule has 7 heteroatoms. The summed E-state index contributed by atoms with van der Waals surface area (Å²) >= 11 is 0. The van der Waals surface area contributed by atoms with Gasteiger partial charge in [0.15, 0.2) is 0 Å². The van der Waals surface area contributed by atoms with E-state index in [1.807, 2.05) is 19.9 Å². The predicted molar refractivity (Wildman–Crippen MR) is 119 cm³/mol. The summed E-state index contributed by atoms with van der Waals surface area (Å²) < 4.78 is 11.4. The Bertz CT molecular complexity index is 1230. The van der Waals surface area contributed by atoms with Crippen molar-refractivity contribution in [1.29, 1.82) is 0 Å². The summed E-state index contributed by atoms with van der Waals surface area (Å²) in [5.74, 6) is -1.49. The SMILES string of the molecule is CCC(NC(=O)CCc1c(C)c2cc3c(C(C)(C)C)coc3c(C)c2oc1=O)C(=O)O. The van der Waals surface area contributed by atoms with E-state index in [9.17, 15) is 14.4 Å². The van der Waals surface area contributed by atoms with Crippen molar-refractivity contribution >= 4 is 33.8 Å². The first-order chi connectivity index (χ1) is 14.5. The maximum absolute atomic E-state index is 12.7. The summed E-state index contributed by atoms with van der Waals surface area (Å²) in [5.41, 5.74) is 3.59. The summed E-state index contributed by atoms with van der Waals surface area (Å²) in [4.78, 5) is 36.0. The van der Waals surface area contributed by atoms with E-state index in [2.05, 4.69) is 26.1 Å². The molecule has 2 N–H and O–H groups in total. The number of rotatable bonds is 6. The molecule has 3 rings (SSSR count). The maximum atomic E-state index is 12.7. The van der Waals surface area contributed by atoms with Crippen molar-refractivity contribution in [3.63, 3.8) is 0 Å². The average Bonchev–Trinajstić information content (AvgIpc) is 3.11. The van der Waals surface area contributed by atoms with Crippen LogP contribution in [-0.2, 0) is 21.4 Å². The molecule has 1 aromatic carbocycles. The number of benzene rings is 1. The largest absolute Gasteiger partial charge is 0.480 e. The number of hydrogen-bond acceptors (Lipinski definition) is 5. The number of hydrogen-bond donors (Lipinski definition) is 2. The Morgan fingerprint density at radius 1 is 1.13 bits per heavy atom. The van der Waals surface area contributed by atoms with Gasteiger partial charge in [-0.2, -0.15) is 0 Å². The lowest BCUT2D eigenvalue weighted by Gasteiger charge is -2.17. The molecule has 0 saturated carbocycles. The molecule has 7 nitrogen and oxygen atoms in total. The highest BCUT2D eigenvalue weighted by Gasteiger charge is 2.24. The van der Waals surface area contributed by atoms with Gasteiger partial charge in [-0.05, 0) is 43.7 Å². The van der Waals surface area contributed by atoms with E-state index in [4.69, 9.17) is 13.9 Å². The summed E-state index contributed by atoms with van der Waals surface area (Å²) in [6.07, 6.45) is 2.21. The molecule has 0 saturated heterocycles. The van der Waals surface area contributed by atoms with Gasteiger partial charge < -0.3 is 19.3 Å². The molecule has 2 aromatic heterocycles. The van der Waals surface area contributed by atoms with Gasteiger partial charge in [-0.1, -0.05) is 27.7 Å². The first kappa shape index (κ1) is 22.6. The van der Waals surface area contributed by atoms with E-state index in [0.717, 1.165) is 27.5 Å². The van der Waals surface area contributed by atoms with Crippen molar-refractivity contribution in [2.45, 2.75) is 72.3 Å². The molecule has 2 heterocycles. The first-order valence-corrected chi connectivity index (χ1v) is 10.4. The Kier molecular flexibility index (Phi) is 5.98. The average molecular weight is 427 g/mol. The number of amides is 1. The van der Waals surface area contributed by atoms with Crippen LogP contribution in [0, 0.1) is 13.8 Å². The third-order valence-electron chi connectivity index (χ3n) is 5.79. The van der Waals surface area contributed by atoms with Gasteiger partial charge in [-0.3, -0.25) is 4.79 Å². The van der Waals surface area contributed by atoms with Crippen LogP contribution in [-0.4, -0.2) is 23.0 Å². The van der Waals surface area contributed by atoms with Gasteiger partial charge in [0, 0.05) is 33.9 Å². The van der Waals surface area contributed by atoms with E-state index in [-0.39, 0.29) is 24.7 Å². The van der Waals surface area contributed by atoms with E-state index >= 15 is 0 Å². The fourth-order valence-corrected chi connectivity index (χ4v) is 3.91. The third kappa shape index (κ3) is 4.22. The highest BCUT2D eigenvalue weighted by molar-refractivity contribution is 6.00. The number of carboxylic acid groups (broad SMARTS) is 1. The lowest BCUT2D eigenvalue weighted by atomic mass is 9.86. The molecule has 0 aliphatic carbocycles. The van der Waals surface area contributed by atoms with Crippen LogP contribution in [0.2, 0.25) is 0 Å². The Morgan fingerprint density at radius 2 is 1.81 bits per heavy atom.